The fraction of sp³-hybridized carbons (Fsp3) is 0.154. The predicted molar refractivity (Wildman–Crippen MR) is 133 cm³/mol. The first-order valence-corrected chi connectivity index (χ1v) is 12.0. The van der Waals surface area contributed by atoms with Crippen molar-refractivity contribution < 1.29 is 23.9 Å². The Kier molecular flexibility index (Phi) is 7.48. The van der Waals surface area contributed by atoms with Crippen LogP contribution in [0.1, 0.15) is 38.4 Å². The zero-order chi connectivity index (χ0) is 25.8. The summed E-state index contributed by atoms with van der Waals surface area (Å²) in [6.07, 6.45) is -0.0411. The lowest BCUT2D eigenvalue weighted by molar-refractivity contribution is -0.121. The molecule has 0 saturated carbocycles. The van der Waals surface area contributed by atoms with Gasteiger partial charge in [0.25, 0.3) is 0 Å². The second-order valence-electron chi connectivity index (χ2n) is 7.85. The summed E-state index contributed by atoms with van der Waals surface area (Å²) < 4.78 is 5.09. The third-order valence-electron chi connectivity index (χ3n) is 5.34. The molecule has 1 aliphatic heterocycles. The van der Waals surface area contributed by atoms with E-state index in [1.54, 1.807) is 43.3 Å². The molecule has 1 unspecified atom stereocenters. The molecule has 2 amide bonds. The third-order valence-corrected chi connectivity index (χ3v) is 6.78. The van der Waals surface area contributed by atoms with Gasteiger partial charge in [0.15, 0.2) is 12.4 Å². The number of nitriles is 1. The SMILES string of the molecule is Cc1ccc(C#N)c(SC2CC(=O)N(c3ccc(C(=O)OCC(=O)c4ccc(Cl)cc4)cc3)C2=O)n1. The van der Waals surface area contributed by atoms with Gasteiger partial charge in [0.1, 0.15) is 11.1 Å². The first-order chi connectivity index (χ1) is 17.3. The fourth-order valence-corrected chi connectivity index (χ4v) is 4.76. The van der Waals surface area contributed by atoms with E-state index in [1.807, 2.05) is 6.07 Å². The molecule has 0 spiro atoms. The van der Waals surface area contributed by atoms with Crippen LogP contribution in [0, 0.1) is 18.3 Å². The molecular weight excluding hydrogens is 502 g/mol. The second-order valence-corrected chi connectivity index (χ2v) is 9.48. The van der Waals surface area contributed by atoms with Crippen molar-refractivity contribution >= 4 is 52.6 Å². The number of imide groups is 1. The van der Waals surface area contributed by atoms with E-state index < -0.39 is 29.6 Å². The highest BCUT2D eigenvalue weighted by Gasteiger charge is 2.40. The number of aromatic nitrogens is 1. The predicted octanol–water partition coefficient (Wildman–Crippen LogP) is 4.38. The second kappa shape index (κ2) is 10.7. The van der Waals surface area contributed by atoms with Gasteiger partial charge < -0.3 is 4.74 Å². The van der Waals surface area contributed by atoms with Gasteiger partial charge in [0.05, 0.1) is 22.1 Å². The highest BCUT2D eigenvalue weighted by atomic mass is 35.5. The van der Waals surface area contributed by atoms with E-state index in [1.165, 1.54) is 24.3 Å². The maximum Gasteiger partial charge on any atom is 0.338 e. The number of pyridine rings is 1. The van der Waals surface area contributed by atoms with E-state index in [-0.39, 0.29) is 17.8 Å². The van der Waals surface area contributed by atoms with Crippen LogP contribution in [0.4, 0.5) is 5.69 Å². The van der Waals surface area contributed by atoms with Crippen LogP contribution in [0.25, 0.3) is 0 Å². The van der Waals surface area contributed by atoms with E-state index in [0.29, 0.717) is 32.6 Å². The molecule has 2 aromatic carbocycles. The molecule has 1 fully saturated rings. The topological polar surface area (TPSA) is 117 Å². The fourth-order valence-electron chi connectivity index (χ4n) is 3.49. The zero-order valence-electron chi connectivity index (χ0n) is 18.9. The van der Waals surface area contributed by atoms with E-state index in [4.69, 9.17) is 16.3 Å². The molecule has 0 radical (unpaired) electrons. The number of nitrogens with zero attached hydrogens (tertiary/aromatic N) is 3. The van der Waals surface area contributed by atoms with Gasteiger partial charge in [-0.15, -0.1) is 0 Å². The van der Waals surface area contributed by atoms with Gasteiger partial charge in [-0.2, -0.15) is 5.26 Å². The number of thioether (sulfide) groups is 1. The maximum absolute atomic E-state index is 13.0. The smallest absolute Gasteiger partial charge is 0.338 e. The van der Waals surface area contributed by atoms with Crippen LogP contribution >= 0.6 is 23.4 Å². The largest absolute Gasteiger partial charge is 0.454 e. The van der Waals surface area contributed by atoms with Crippen LogP contribution < -0.4 is 4.90 Å². The molecule has 1 aromatic heterocycles. The van der Waals surface area contributed by atoms with Gasteiger partial charge in [-0.25, -0.2) is 14.7 Å². The molecule has 1 aliphatic rings. The Morgan fingerprint density at radius 1 is 1.08 bits per heavy atom. The molecular formula is C26H18ClN3O5S. The summed E-state index contributed by atoms with van der Waals surface area (Å²) in [6, 6.07) is 17.4. The quantitative estimate of drug-likeness (QED) is 0.256. The van der Waals surface area contributed by atoms with Crippen molar-refractivity contribution in [1.29, 1.82) is 5.26 Å². The first-order valence-electron chi connectivity index (χ1n) is 10.7. The third kappa shape index (κ3) is 5.46. The summed E-state index contributed by atoms with van der Waals surface area (Å²) in [6.45, 7) is 1.33. The molecule has 4 rings (SSSR count). The van der Waals surface area contributed by atoms with Gasteiger partial charge >= 0.3 is 5.97 Å². The molecule has 10 heteroatoms. The van der Waals surface area contributed by atoms with Crippen LogP contribution in [-0.2, 0) is 14.3 Å². The zero-order valence-corrected chi connectivity index (χ0v) is 20.5. The van der Waals surface area contributed by atoms with Gasteiger partial charge in [0.2, 0.25) is 11.8 Å². The number of hydrogen-bond donors (Lipinski definition) is 0. The van der Waals surface area contributed by atoms with E-state index >= 15 is 0 Å². The van der Waals surface area contributed by atoms with Crippen LogP contribution in [-0.4, -0.2) is 40.4 Å². The Morgan fingerprint density at radius 3 is 2.42 bits per heavy atom. The number of amides is 2. The molecule has 0 bridgehead atoms. The number of rotatable bonds is 7. The number of esters is 1. The molecule has 2 heterocycles. The molecule has 0 N–H and O–H groups in total. The molecule has 1 atom stereocenters. The molecule has 180 valence electrons. The summed E-state index contributed by atoms with van der Waals surface area (Å²) in [4.78, 5) is 55.5. The number of hydrogen-bond acceptors (Lipinski definition) is 8. The number of ketones is 1. The number of ether oxygens (including phenoxy) is 1. The van der Waals surface area contributed by atoms with Gasteiger partial charge in [-0.1, -0.05) is 23.4 Å². The number of Topliss-reactive ketones (excluding diaryl/α,β-unsaturated/α-hetero) is 1. The number of anilines is 1. The van der Waals surface area contributed by atoms with Crippen molar-refractivity contribution in [2.45, 2.75) is 23.6 Å². The van der Waals surface area contributed by atoms with Crippen molar-refractivity contribution in [1.82, 2.24) is 4.98 Å². The monoisotopic (exact) mass is 519 g/mol. The Labute approximate surface area is 215 Å². The normalized spacial score (nSPS) is 15.0. The van der Waals surface area contributed by atoms with Gasteiger partial charge in [-0.3, -0.25) is 14.4 Å². The summed E-state index contributed by atoms with van der Waals surface area (Å²) >= 11 is 6.89. The van der Waals surface area contributed by atoms with Crippen LogP contribution in [0.15, 0.2) is 65.7 Å². The average Bonchev–Trinajstić information content (AvgIpc) is 3.15. The molecule has 1 saturated heterocycles. The van der Waals surface area contributed by atoms with Gasteiger partial charge in [0, 0.05) is 22.7 Å². The Hall–Kier alpha value is -4.00. The van der Waals surface area contributed by atoms with Crippen LogP contribution in [0.3, 0.4) is 0 Å². The highest BCUT2D eigenvalue weighted by molar-refractivity contribution is 8.00. The number of benzene rings is 2. The van der Waals surface area contributed by atoms with Crippen LogP contribution in [0.5, 0.6) is 0 Å². The Bertz CT molecular complexity index is 1400. The lowest BCUT2D eigenvalue weighted by Crippen LogP contribution is -2.31. The number of carbonyl (C=O) groups excluding carboxylic acids is 4. The van der Waals surface area contributed by atoms with Crippen molar-refractivity contribution in [3.05, 3.63) is 88.1 Å². The average molecular weight is 520 g/mol. The summed E-state index contributed by atoms with van der Waals surface area (Å²) in [5.41, 5.74) is 1.86. The first kappa shape index (κ1) is 25.1. The molecule has 3 aromatic rings. The lowest BCUT2D eigenvalue weighted by atomic mass is 10.1. The van der Waals surface area contributed by atoms with Crippen molar-refractivity contribution in [3.63, 3.8) is 0 Å². The minimum absolute atomic E-state index is 0.0411. The Morgan fingerprint density at radius 2 is 1.75 bits per heavy atom. The van der Waals surface area contributed by atoms with E-state index in [2.05, 4.69) is 4.98 Å². The van der Waals surface area contributed by atoms with Crippen molar-refractivity contribution in [2.24, 2.45) is 0 Å². The van der Waals surface area contributed by atoms with E-state index in [0.717, 1.165) is 16.7 Å². The van der Waals surface area contributed by atoms with Crippen LogP contribution in [0.2, 0.25) is 5.02 Å². The summed E-state index contributed by atoms with van der Waals surface area (Å²) in [5.74, 6) is -1.92. The number of carbonyl (C=O) groups is 4. The standard InChI is InChI=1S/C26H18ClN3O5S/c1-15-2-3-18(13-28)24(29-15)36-22-12-23(32)30(25(22)33)20-10-6-17(7-11-20)26(34)35-14-21(31)16-4-8-19(27)9-5-16/h2-11,22H,12,14H2,1H3. The maximum atomic E-state index is 13.0. The lowest BCUT2D eigenvalue weighted by Gasteiger charge is -2.15. The summed E-state index contributed by atoms with van der Waals surface area (Å²) in [7, 11) is 0. The summed E-state index contributed by atoms with van der Waals surface area (Å²) in [5, 5.41) is 9.48. The highest BCUT2D eigenvalue weighted by Crippen LogP contribution is 2.34. The van der Waals surface area contributed by atoms with Crippen molar-refractivity contribution in [2.75, 3.05) is 11.5 Å². The minimum Gasteiger partial charge on any atom is -0.454 e. The van der Waals surface area contributed by atoms with E-state index in [9.17, 15) is 24.4 Å². The Balaban J connectivity index is 1.40. The minimum atomic E-state index is -0.720. The number of aryl methyl sites for hydroxylation is 1. The molecule has 36 heavy (non-hydrogen) atoms. The van der Waals surface area contributed by atoms with Gasteiger partial charge in [-0.05, 0) is 67.6 Å². The van der Waals surface area contributed by atoms with Crippen molar-refractivity contribution in [3.8, 4) is 6.07 Å². The molecule has 0 aliphatic carbocycles. The molecule has 8 nitrogen and oxygen atoms in total. The number of halogens is 1.